The second-order valence-corrected chi connectivity index (χ2v) is 16.6. The van der Waals surface area contributed by atoms with Gasteiger partial charge in [-0.05, 0) is 131 Å². The van der Waals surface area contributed by atoms with Crippen molar-refractivity contribution in [2.45, 2.75) is 45.3 Å². The summed E-state index contributed by atoms with van der Waals surface area (Å²) in [6.07, 6.45) is 6.69. The van der Waals surface area contributed by atoms with Gasteiger partial charge < -0.3 is 9.97 Å². The first-order valence-electron chi connectivity index (χ1n) is 17.7. The molecule has 2 aromatic heterocycles. The topological polar surface area (TPSA) is 108 Å². The van der Waals surface area contributed by atoms with Crippen LogP contribution in [0.2, 0.25) is 0 Å². The van der Waals surface area contributed by atoms with Gasteiger partial charge in [0.2, 0.25) is 0 Å². The van der Waals surface area contributed by atoms with Crippen molar-refractivity contribution in [3.05, 3.63) is 143 Å². The summed E-state index contributed by atoms with van der Waals surface area (Å²) in [6.45, 7) is 0. The van der Waals surface area contributed by atoms with E-state index in [1.54, 1.807) is 12.1 Å². The van der Waals surface area contributed by atoms with Gasteiger partial charge in [-0.1, -0.05) is 60.7 Å². The molecule has 0 saturated carbocycles. The second kappa shape index (κ2) is 15.4. The Morgan fingerprint density at radius 2 is 0.893 bits per heavy atom. The number of thiol groups is 3. The predicted molar refractivity (Wildman–Crippen MR) is 227 cm³/mol. The molecule has 0 aliphatic carbocycles. The molecule has 0 amide bonds. The van der Waals surface area contributed by atoms with Gasteiger partial charge in [-0.15, -0.1) is 60.3 Å². The molecule has 3 aliphatic rings. The largest absolute Gasteiger partial charge is 2.00 e. The maximum Gasteiger partial charge on any atom is 2.00 e. The Labute approximate surface area is 351 Å². The zero-order chi connectivity index (χ0) is 37.8. The summed E-state index contributed by atoms with van der Waals surface area (Å²) in [6, 6.07) is 34.5. The van der Waals surface area contributed by atoms with E-state index in [2.05, 4.69) is 50.0 Å². The minimum atomic E-state index is -4.38. The smallest absolute Gasteiger partial charge is 0.664 e. The number of nitrogens with zero attached hydrogens (tertiary/aromatic N) is 4. The van der Waals surface area contributed by atoms with Crippen molar-refractivity contribution in [2.75, 3.05) is 0 Å². The van der Waals surface area contributed by atoms with Crippen molar-refractivity contribution in [1.82, 2.24) is 19.9 Å². The maximum absolute atomic E-state index is 12.0. The summed E-state index contributed by atoms with van der Waals surface area (Å²) in [5.74, 6) is 0. The van der Waals surface area contributed by atoms with Crippen molar-refractivity contribution in [3.63, 3.8) is 0 Å². The van der Waals surface area contributed by atoms with Crippen LogP contribution in [0.4, 0.5) is 0 Å². The number of hydrogen-bond donors (Lipinski definition) is 4. The van der Waals surface area contributed by atoms with Crippen molar-refractivity contribution < 1.29 is 30.0 Å². The van der Waals surface area contributed by atoms with Crippen LogP contribution in [0.1, 0.15) is 34.2 Å². The minimum Gasteiger partial charge on any atom is -0.664 e. The van der Waals surface area contributed by atoms with Gasteiger partial charge >= 0.3 is 17.1 Å². The van der Waals surface area contributed by atoms with E-state index in [1.807, 2.05) is 84.9 Å². The molecule has 0 unspecified atom stereocenters. The van der Waals surface area contributed by atoms with Gasteiger partial charge in [-0.25, -0.2) is 4.98 Å². The van der Waals surface area contributed by atoms with E-state index in [4.69, 9.17) is 19.9 Å². The molecular weight excluding hydrogens is 824 g/mol. The first-order chi connectivity index (χ1) is 26.6. The zero-order valence-corrected chi connectivity index (χ0v) is 33.9. The van der Waals surface area contributed by atoms with Gasteiger partial charge in [-0.3, -0.25) is 9.54 Å². The van der Waals surface area contributed by atoms with Crippen LogP contribution in [0.5, 0.6) is 0 Å². The Kier molecular flexibility index (Phi) is 10.6. The standard InChI is InChI=1S/C44H32N4O3S4.Cu/c49-55(50,51)32-15-7-28(8-16-32)44-39-23-21-37(47-39)42(26-3-11-30(53)12-4-26)35-19-17-33(45-35)41(25-1-9-29(52)10-2-25)34-18-20-36(46-34)43(38-22-24-40(44)48-38)27-5-13-31(54)14-6-27;/h1-20H,21-24H2,(H4-2,45,46,47,48,49,50,51,52,53,54);/q-2;+2. The Morgan fingerprint density at radius 1 is 0.482 bits per heavy atom. The second-order valence-electron chi connectivity index (χ2n) is 13.6. The summed E-state index contributed by atoms with van der Waals surface area (Å²) in [5, 5.41) is 0. The molecule has 0 spiro atoms. The summed E-state index contributed by atoms with van der Waals surface area (Å²) in [5.41, 5.74) is 13.9. The third-order valence-corrected chi connectivity index (χ3v) is 11.9. The summed E-state index contributed by atoms with van der Waals surface area (Å²) in [7, 11) is -4.38. The van der Waals surface area contributed by atoms with E-state index in [-0.39, 0.29) is 22.0 Å². The van der Waals surface area contributed by atoms with E-state index >= 15 is 0 Å². The molecule has 7 nitrogen and oxygen atoms in total. The number of fused-ring (bicyclic) bond motifs is 8. The molecule has 9 rings (SSSR count). The molecule has 8 bridgehead atoms. The Bertz CT molecular complexity index is 2850. The fraction of sp³-hybridized carbons (Fsp3) is 0.0909. The summed E-state index contributed by atoms with van der Waals surface area (Å²) in [4.78, 5) is 23.7. The third-order valence-electron chi connectivity index (χ3n) is 10.1. The van der Waals surface area contributed by atoms with E-state index in [1.165, 1.54) is 12.1 Å². The van der Waals surface area contributed by atoms with Crippen molar-refractivity contribution in [3.8, 4) is 44.5 Å². The molecular formula is C44H32CuN4O3S4. The molecule has 281 valence electrons. The third kappa shape index (κ3) is 7.39. The van der Waals surface area contributed by atoms with Crippen LogP contribution in [0.15, 0.2) is 129 Å². The van der Waals surface area contributed by atoms with Gasteiger partial charge in [0, 0.05) is 26.1 Å². The number of rotatable bonds is 5. The van der Waals surface area contributed by atoms with Crippen molar-refractivity contribution in [2.24, 2.45) is 0 Å². The Hall–Kier alpha value is -4.52. The Morgan fingerprint density at radius 3 is 1.43 bits per heavy atom. The molecule has 56 heavy (non-hydrogen) atoms. The molecule has 5 heterocycles. The fourth-order valence-corrected chi connectivity index (χ4v) is 8.48. The molecule has 0 fully saturated rings. The number of hydrogen-bond acceptors (Lipinski definition) is 7. The van der Waals surface area contributed by atoms with Crippen LogP contribution in [0.3, 0.4) is 0 Å². The quantitative estimate of drug-likeness (QED) is 0.0776. The van der Waals surface area contributed by atoms with Crippen LogP contribution in [0.25, 0.3) is 67.7 Å². The van der Waals surface area contributed by atoms with Crippen molar-refractivity contribution >= 4 is 71.2 Å². The van der Waals surface area contributed by atoms with Crippen LogP contribution in [-0.2, 0) is 52.9 Å². The van der Waals surface area contributed by atoms with E-state index in [9.17, 15) is 13.0 Å². The van der Waals surface area contributed by atoms with Crippen molar-refractivity contribution in [1.29, 1.82) is 0 Å². The van der Waals surface area contributed by atoms with Gasteiger partial charge in [0.25, 0.3) is 10.1 Å². The van der Waals surface area contributed by atoms with Crippen LogP contribution in [-0.4, -0.2) is 22.9 Å². The predicted octanol–water partition coefficient (Wildman–Crippen LogP) is 9.81. The summed E-state index contributed by atoms with van der Waals surface area (Å²) < 4.78 is 33.8. The van der Waals surface area contributed by atoms with Crippen LogP contribution in [0, 0.1) is 0 Å². The van der Waals surface area contributed by atoms with Crippen LogP contribution >= 0.6 is 37.9 Å². The normalized spacial score (nSPS) is 13.0. The molecule has 0 saturated heterocycles. The maximum atomic E-state index is 12.0. The van der Waals surface area contributed by atoms with E-state index < -0.39 is 10.1 Å². The molecule has 4 aromatic carbocycles. The first-order valence-corrected chi connectivity index (χ1v) is 20.5. The molecule has 12 heteroatoms. The van der Waals surface area contributed by atoms with Gasteiger partial charge in [0.15, 0.2) is 0 Å². The van der Waals surface area contributed by atoms with Gasteiger partial charge in [-0.2, -0.15) is 8.42 Å². The van der Waals surface area contributed by atoms with Gasteiger partial charge in [0.05, 0.1) is 16.3 Å². The van der Waals surface area contributed by atoms with Crippen LogP contribution < -0.4 is 9.97 Å². The number of aromatic nitrogens is 4. The SMILES string of the molecule is O=S(=O)(O)c1ccc(-c2c3nc(c(-c4ccc(S)cc4)c4ccc([n-]4)c(-c4ccc(S)cc4)c4nc(c(-c5ccc(S)cc5)c5[n-]c2CC5)C=C4)CC3)cc1.[Cu+2]. The van der Waals surface area contributed by atoms with E-state index in [0.29, 0.717) is 25.7 Å². The minimum absolute atomic E-state index is 0. The van der Waals surface area contributed by atoms with Gasteiger partial charge in [0.1, 0.15) is 0 Å². The average Bonchev–Trinajstić information content (AvgIpc) is 4.01. The van der Waals surface area contributed by atoms with E-state index in [0.717, 1.165) is 104 Å². The Balaban J connectivity index is 0.00000441. The monoisotopic (exact) mass is 855 g/mol. The number of aryl methyl sites for hydroxylation is 4. The fourth-order valence-electron chi connectivity index (χ4n) is 7.56. The average molecular weight is 857 g/mol. The first kappa shape index (κ1) is 38.4. The molecule has 6 aromatic rings. The number of benzene rings is 4. The molecule has 0 atom stereocenters. The zero-order valence-electron chi connectivity index (χ0n) is 29.5. The molecule has 1 radical (unpaired) electrons. The molecule has 3 aliphatic heterocycles. The summed E-state index contributed by atoms with van der Waals surface area (Å²) >= 11 is 13.7. The molecule has 1 N–H and O–H groups in total.